The Hall–Kier alpha value is -0.370. The average molecular weight is 156 g/mol. The summed E-state index contributed by atoms with van der Waals surface area (Å²) in [5.74, 6) is 0.502. The first-order chi connectivity index (χ1) is 4.94. The van der Waals surface area contributed by atoms with Crippen molar-refractivity contribution in [1.82, 2.24) is 0 Å². The van der Waals surface area contributed by atoms with Gasteiger partial charge >= 0.3 is 0 Å². The lowest BCUT2D eigenvalue weighted by atomic mass is 9.68. The standard InChI is InChI=1S/C9H16O2/c1-6-4-7(10)5-8(11)9(6,2)3/h6-7,10H,4-5H2,1-3H3. The lowest BCUT2D eigenvalue weighted by Crippen LogP contribution is -2.40. The molecule has 0 aliphatic heterocycles. The molecule has 2 atom stereocenters. The molecule has 0 radical (unpaired) electrons. The minimum Gasteiger partial charge on any atom is -0.393 e. The molecule has 0 spiro atoms. The van der Waals surface area contributed by atoms with Crippen molar-refractivity contribution in [3.05, 3.63) is 0 Å². The summed E-state index contributed by atoms with van der Waals surface area (Å²) in [5, 5.41) is 9.26. The lowest BCUT2D eigenvalue weighted by molar-refractivity contribution is -0.136. The maximum atomic E-state index is 11.4. The fraction of sp³-hybridized carbons (Fsp3) is 0.889. The first-order valence-electron chi connectivity index (χ1n) is 4.16. The molecule has 64 valence electrons. The fourth-order valence-corrected chi connectivity index (χ4v) is 1.54. The maximum Gasteiger partial charge on any atom is 0.141 e. The first kappa shape index (κ1) is 8.72. The van der Waals surface area contributed by atoms with Crippen LogP contribution in [0.1, 0.15) is 33.6 Å². The predicted molar refractivity (Wildman–Crippen MR) is 43.2 cm³/mol. The van der Waals surface area contributed by atoms with E-state index >= 15 is 0 Å². The number of carbonyl (C=O) groups excluding carboxylic acids is 1. The molecule has 0 aromatic rings. The SMILES string of the molecule is CC1CC(O)CC(=O)C1(C)C. The van der Waals surface area contributed by atoms with Gasteiger partial charge in [-0.15, -0.1) is 0 Å². The van der Waals surface area contributed by atoms with Gasteiger partial charge in [0.1, 0.15) is 5.78 Å². The van der Waals surface area contributed by atoms with E-state index in [-0.39, 0.29) is 11.2 Å². The van der Waals surface area contributed by atoms with Crippen molar-refractivity contribution in [3.8, 4) is 0 Å². The molecule has 0 heterocycles. The Morgan fingerprint density at radius 2 is 2.09 bits per heavy atom. The highest BCUT2D eigenvalue weighted by Crippen LogP contribution is 2.37. The van der Waals surface area contributed by atoms with E-state index in [9.17, 15) is 9.90 Å². The van der Waals surface area contributed by atoms with Crippen molar-refractivity contribution >= 4 is 5.78 Å². The second-order valence-corrected chi connectivity index (χ2v) is 4.14. The largest absolute Gasteiger partial charge is 0.393 e. The molecule has 1 aliphatic rings. The Labute approximate surface area is 67.6 Å². The normalized spacial score (nSPS) is 37.3. The Kier molecular flexibility index (Phi) is 2.06. The van der Waals surface area contributed by atoms with Crippen LogP contribution in [0.2, 0.25) is 0 Å². The maximum absolute atomic E-state index is 11.4. The smallest absolute Gasteiger partial charge is 0.141 e. The van der Waals surface area contributed by atoms with Crippen LogP contribution in [0.4, 0.5) is 0 Å². The molecule has 0 bridgehead atoms. The molecule has 2 heteroatoms. The van der Waals surface area contributed by atoms with Crippen LogP contribution in [0, 0.1) is 11.3 Å². The molecular weight excluding hydrogens is 140 g/mol. The van der Waals surface area contributed by atoms with Gasteiger partial charge in [-0.1, -0.05) is 20.8 Å². The number of aliphatic hydroxyl groups is 1. The number of carbonyl (C=O) groups is 1. The Bertz CT molecular complexity index is 172. The third-order valence-electron chi connectivity index (χ3n) is 3.00. The van der Waals surface area contributed by atoms with Gasteiger partial charge in [0.25, 0.3) is 0 Å². The number of hydrogen-bond donors (Lipinski definition) is 1. The number of aliphatic hydroxyl groups excluding tert-OH is 1. The van der Waals surface area contributed by atoms with Crippen LogP contribution < -0.4 is 0 Å². The summed E-state index contributed by atoms with van der Waals surface area (Å²) in [7, 11) is 0. The third kappa shape index (κ3) is 1.45. The first-order valence-corrected chi connectivity index (χ1v) is 4.16. The summed E-state index contributed by atoms with van der Waals surface area (Å²) in [6.45, 7) is 5.96. The van der Waals surface area contributed by atoms with Crippen molar-refractivity contribution < 1.29 is 9.90 Å². The van der Waals surface area contributed by atoms with Gasteiger partial charge in [0.05, 0.1) is 6.10 Å². The molecular formula is C9H16O2. The number of Topliss-reactive ketones (excluding diaryl/α,β-unsaturated/α-hetero) is 1. The van der Waals surface area contributed by atoms with Gasteiger partial charge in [-0.2, -0.15) is 0 Å². The zero-order chi connectivity index (χ0) is 8.65. The molecule has 0 saturated heterocycles. The van der Waals surface area contributed by atoms with Crippen LogP contribution in [0.15, 0.2) is 0 Å². The molecule has 2 nitrogen and oxygen atoms in total. The monoisotopic (exact) mass is 156 g/mol. The van der Waals surface area contributed by atoms with Gasteiger partial charge in [-0.3, -0.25) is 4.79 Å². The van der Waals surface area contributed by atoms with Crippen LogP contribution in [0.5, 0.6) is 0 Å². The third-order valence-corrected chi connectivity index (χ3v) is 3.00. The predicted octanol–water partition coefficient (Wildman–Crippen LogP) is 1.37. The van der Waals surface area contributed by atoms with Gasteiger partial charge in [0.2, 0.25) is 0 Å². The lowest BCUT2D eigenvalue weighted by Gasteiger charge is -2.36. The van der Waals surface area contributed by atoms with E-state index in [1.807, 2.05) is 20.8 Å². The van der Waals surface area contributed by atoms with Crippen molar-refractivity contribution in [2.45, 2.75) is 39.7 Å². The molecule has 1 fully saturated rings. The van der Waals surface area contributed by atoms with Gasteiger partial charge in [0.15, 0.2) is 0 Å². The van der Waals surface area contributed by atoms with E-state index in [1.165, 1.54) is 0 Å². The van der Waals surface area contributed by atoms with E-state index in [0.717, 1.165) is 6.42 Å². The van der Waals surface area contributed by atoms with Crippen LogP contribution in [-0.2, 0) is 4.79 Å². The topological polar surface area (TPSA) is 37.3 Å². The number of hydrogen-bond acceptors (Lipinski definition) is 2. The van der Waals surface area contributed by atoms with Crippen molar-refractivity contribution in [2.75, 3.05) is 0 Å². The van der Waals surface area contributed by atoms with E-state index in [1.54, 1.807) is 0 Å². The van der Waals surface area contributed by atoms with Crippen molar-refractivity contribution in [2.24, 2.45) is 11.3 Å². The molecule has 11 heavy (non-hydrogen) atoms. The summed E-state index contributed by atoms with van der Waals surface area (Å²) >= 11 is 0. The molecule has 1 saturated carbocycles. The highest BCUT2D eigenvalue weighted by Gasteiger charge is 2.39. The van der Waals surface area contributed by atoms with Crippen molar-refractivity contribution in [3.63, 3.8) is 0 Å². The van der Waals surface area contributed by atoms with Gasteiger partial charge in [-0.05, 0) is 12.3 Å². The highest BCUT2D eigenvalue weighted by atomic mass is 16.3. The van der Waals surface area contributed by atoms with Gasteiger partial charge in [0, 0.05) is 11.8 Å². The van der Waals surface area contributed by atoms with Gasteiger partial charge in [-0.25, -0.2) is 0 Å². The number of rotatable bonds is 0. The molecule has 0 aromatic carbocycles. The van der Waals surface area contributed by atoms with E-state index in [2.05, 4.69) is 0 Å². The highest BCUT2D eigenvalue weighted by molar-refractivity contribution is 5.85. The van der Waals surface area contributed by atoms with Crippen LogP contribution in [0.25, 0.3) is 0 Å². The molecule has 0 aromatic heterocycles. The number of ketones is 1. The van der Waals surface area contributed by atoms with Crippen LogP contribution in [0.3, 0.4) is 0 Å². The fourth-order valence-electron chi connectivity index (χ4n) is 1.54. The molecule has 0 amide bonds. The summed E-state index contributed by atoms with van der Waals surface area (Å²) in [6.07, 6.45) is 0.710. The second kappa shape index (κ2) is 2.59. The van der Waals surface area contributed by atoms with Gasteiger partial charge < -0.3 is 5.11 Å². The van der Waals surface area contributed by atoms with E-state index < -0.39 is 6.10 Å². The summed E-state index contributed by atoms with van der Waals surface area (Å²) in [4.78, 5) is 11.4. The molecule has 2 unspecified atom stereocenters. The molecule has 1 rings (SSSR count). The van der Waals surface area contributed by atoms with E-state index in [4.69, 9.17) is 0 Å². The average Bonchev–Trinajstić information content (AvgIpc) is 1.84. The minimum absolute atomic E-state index is 0.198. The zero-order valence-corrected chi connectivity index (χ0v) is 7.42. The summed E-state index contributed by atoms with van der Waals surface area (Å²) in [5.41, 5.74) is -0.223. The summed E-state index contributed by atoms with van der Waals surface area (Å²) < 4.78 is 0. The molecule has 1 N–H and O–H groups in total. The van der Waals surface area contributed by atoms with Crippen LogP contribution >= 0.6 is 0 Å². The Morgan fingerprint density at radius 1 is 1.55 bits per heavy atom. The van der Waals surface area contributed by atoms with Crippen molar-refractivity contribution in [1.29, 1.82) is 0 Å². The second-order valence-electron chi connectivity index (χ2n) is 4.14. The Balaban J connectivity index is 2.76. The summed E-state index contributed by atoms with van der Waals surface area (Å²) in [6, 6.07) is 0. The van der Waals surface area contributed by atoms with E-state index in [0.29, 0.717) is 12.3 Å². The minimum atomic E-state index is -0.398. The quantitative estimate of drug-likeness (QED) is 0.575. The van der Waals surface area contributed by atoms with Crippen LogP contribution in [-0.4, -0.2) is 17.0 Å². The zero-order valence-electron chi connectivity index (χ0n) is 7.42. The Morgan fingerprint density at radius 3 is 2.55 bits per heavy atom. The molecule has 1 aliphatic carbocycles.